The Hall–Kier alpha value is -1.30. The molecule has 2 fully saturated rings. The first-order chi connectivity index (χ1) is 11.7. The number of nitrogens with two attached hydrogens (primary N) is 1. The molecule has 24 heavy (non-hydrogen) atoms. The van der Waals surface area contributed by atoms with Gasteiger partial charge in [-0.3, -0.25) is 9.89 Å². The van der Waals surface area contributed by atoms with Gasteiger partial charge in [0.05, 0.1) is 25.8 Å². The summed E-state index contributed by atoms with van der Waals surface area (Å²) < 4.78 is 5.48. The fourth-order valence-electron chi connectivity index (χ4n) is 3.19. The lowest BCUT2D eigenvalue weighted by Gasteiger charge is -2.34. The van der Waals surface area contributed by atoms with Crippen molar-refractivity contribution < 1.29 is 4.74 Å². The second-order valence-corrected chi connectivity index (χ2v) is 7.06. The third-order valence-electron chi connectivity index (χ3n) is 4.97. The van der Waals surface area contributed by atoms with Gasteiger partial charge in [0.25, 0.3) is 0 Å². The minimum Gasteiger partial charge on any atom is -0.379 e. The highest BCUT2D eigenvalue weighted by atomic mass is 35.5. The number of ether oxygens (including phenoxy) is 1. The average Bonchev–Trinajstić information content (AvgIpc) is 2.56. The number of halogens is 1. The van der Waals surface area contributed by atoms with E-state index in [0.717, 1.165) is 43.8 Å². The Labute approximate surface area is 149 Å². The highest BCUT2D eigenvalue weighted by molar-refractivity contribution is 6.30. The van der Waals surface area contributed by atoms with E-state index in [9.17, 15) is 0 Å². The molecular formula is C18H27ClN4O. The van der Waals surface area contributed by atoms with Crippen LogP contribution in [0.2, 0.25) is 5.02 Å². The molecule has 1 aliphatic carbocycles. The van der Waals surface area contributed by atoms with E-state index in [-0.39, 0.29) is 6.04 Å². The van der Waals surface area contributed by atoms with Crippen molar-refractivity contribution in [2.75, 3.05) is 39.4 Å². The monoisotopic (exact) mass is 350 g/mol. The van der Waals surface area contributed by atoms with E-state index in [1.54, 1.807) is 0 Å². The van der Waals surface area contributed by atoms with Crippen LogP contribution in [0.4, 0.5) is 0 Å². The zero-order valence-corrected chi connectivity index (χ0v) is 14.8. The molecule has 1 unspecified atom stereocenters. The lowest BCUT2D eigenvalue weighted by Crippen LogP contribution is -2.41. The van der Waals surface area contributed by atoms with Gasteiger partial charge in [0.2, 0.25) is 0 Å². The number of morpholine rings is 1. The number of hydrogen-bond donors (Lipinski definition) is 2. The molecule has 1 heterocycles. The normalized spacial score (nSPS) is 21.3. The molecular weight excluding hydrogens is 324 g/mol. The Morgan fingerprint density at radius 2 is 2.00 bits per heavy atom. The van der Waals surface area contributed by atoms with E-state index < -0.39 is 0 Å². The molecule has 3 N–H and O–H groups in total. The zero-order chi connectivity index (χ0) is 16.8. The van der Waals surface area contributed by atoms with Gasteiger partial charge in [0.1, 0.15) is 0 Å². The molecule has 1 saturated carbocycles. The molecule has 6 heteroatoms. The summed E-state index contributed by atoms with van der Waals surface area (Å²) in [5, 5.41) is 4.02. The summed E-state index contributed by atoms with van der Waals surface area (Å²) in [5.41, 5.74) is 7.27. The van der Waals surface area contributed by atoms with E-state index in [2.05, 4.69) is 27.3 Å². The topological polar surface area (TPSA) is 62.9 Å². The molecule has 0 amide bonds. The molecule has 1 saturated heterocycles. The summed E-state index contributed by atoms with van der Waals surface area (Å²) in [6, 6.07) is 8.24. The molecule has 2 aliphatic rings. The molecule has 0 aromatic heterocycles. The molecule has 0 radical (unpaired) electrons. The summed E-state index contributed by atoms with van der Waals surface area (Å²) in [6.45, 7) is 4.95. The molecule has 0 bridgehead atoms. The number of rotatable bonds is 6. The van der Waals surface area contributed by atoms with Gasteiger partial charge in [-0.15, -0.1) is 0 Å². The van der Waals surface area contributed by atoms with Crippen LogP contribution in [0, 0.1) is 5.92 Å². The Morgan fingerprint density at radius 1 is 1.29 bits per heavy atom. The number of hydrogen-bond acceptors (Lipinski definition) is 3. The van der Waals surface area contributed by atoms with Gasteiger partial charge in [0, 0.05) is 24.7 Å². The van der Waals surface area contributed by atoms with E-state index in [4.69, 9.17) is 22.1 Å². The maximum absolute atomic E-state index is 6.06. The molecule has 5 nitrogen and oxygen atoms in total. The van der Waals surface area contributed by atoms with Crippen LogP contribution in [-0.4, -0.2) is 50.3 Å². The largest absolute Gasteiger partial charge is 0.379 e. The third kappa shape index (κ3) is 4.85. The van der Waals surface area contributed by atoms with E-state index >= 15 is 0 Å². The highest BCUT2D eigenvalue weighted by Gasteiger charge is 2.22. The first kappa shape index (κ1) is 17.5. The fraction of sp³-hybridized carbons (Fsp3) is 0.611. The van der Waals surface area contributed by atoms with E-state index in [0.29, 0.717) is 12.5 Å². The summed E-state index contributed by atoms with van der Waals surface area (Å²) in [6.07, 6.45) is 3.96. The average molecular weight is 351 g/mol. The molecule has 3 rings (SSSR count). The SMILES string of the molecule is NC(=NCC(c1ccc(Cl)cc1)N1CCOCC1)NCC1CCC1. The number of aliphatic imine (C=N–C) groups is 1. The standard InChI is InChI=1S/C18H27ClN4O/c19-16-6-4-15(5-7-16)17(23-8-10-24-11-9-23)13-22-18(20)21-12-14-2-1-3-14/h4-7,14,17H,1-3,8-13H2,(H3,20,21,22). The van der Waals surface area contributed by atoms with Crippen LogP contribution in [0.5, 0.6) is 0 Å². The van der Waals surface area contributed by atoms with Gasteiger partial charge < -0.3 is 15.8 Å². The van der Waals surface area contributed by atoms with Crippen LogP contribution in [0.25, 0.3) is 0 Å². The summed E-state index contributed by atoms with van der Waals surface area (Å²) in [7, 11) is 0. The second kappa shape index (κ2) is 8.70. The number of benzene rings is 1. The van der Waals surface area contributed by atoms with Crippen LogP contribution in [-0.2, 0) is 4.74 Å². The van der Waals surface area contributed by atoms with Gasteiger partial charge in [-0.1, -0.05) is 30.2 Å². The number of guanidine groups is 1. The predicted molar refractivity (Wildman–Crippen MR) is 98.4 cm³/mol. The Morgan fingerprint density at radius 3 is 2.62 bits per heavy atom. The van der Waals surface area contributed by atoms with Crippen molar-refractivity contribution in [2.45, 2.75) is 25.3 Å². The lowest BCUT2D eigenvalue weighted by atomic mass is 9.85. The van der Waals surface area contributed by atoms with Crippen molar-refractivity contribution in [1.82, 2.24) is 10.2 Å². The lowest BCUT2D eigenvalue weighted by molar-refractivity contribution is 0.0180. The molecule has 0 spiro atoms. The quantitative estimate of drug-likeness (QED) is 0.611. The van der Waals surface area contributed by atoms with Gasteiger partial charge in [-0.2, -0.15) is 0 Å². The van der Waals surface area contributed by atoms with Crippen molar-refractivity contribution in [2.24, 2.45) is 16.6 Å². The van der Waals surface area contributed by atoms with Crippen molar-refractivity contribution in [3.63, 3.8) is 0 Å². The van der Waals surface area contributed by atoms with Gasteiger partial charge >= 0.3 is 0 Å². The molecule has 1 aromatic rings. The summed E-state index contributed by atoms with van der Waals surface area (Å²) >= 11 is 6.03. The van der Waals surface area contributed by atoms with Crippen molar-refractivity contribution in [3.8, 4) is 0 Å². The molecule has 132 valence electrons. The smallest absolute Gasteiger partial charge is 0.188 e. The van der Waals surface area contributed by atoms with E-state index in [1.807, 2.05) is 12.1 Å². The maximum Gasteiger partial charge on any atom is 0.188 e. The highest BCUT2D eigenvalue weighted by Crippen LogP contribution is 2.25. The van der Waals surface area contributed by atoms with Gasteiger partial charge in [-0.05, 0) is 36.5 Å². The Bertz CT molecular complexity index is 538. The third-order valence-corrected chi connectivity index (χ3v) is 5.22. The number of nitrogens with one attached hydrogen (secondary N) is 1. The van der Waals surface area contributed by atoms with Gasteiger partial charge in [0.15, 0.2) is 5.96 Å². The number of nitrogens with zero attached hydrogens (tertiary/aromatic N) is 2. The Kier molecular flexibility index (Phi) is 6.35. The minimum absolute atomic E-state index is 0.204. The van der Waals surface area contributed by atoms with Crippen LogP contribution < -0.4 is 11.1 Å². The minimum atomic E-state index is 0.204. The van der Waals surface area contributed by atoms with E-state index in [1.165, 1.54) is 24.8 Å². The first-order valence-electron chi connectivity index (χ1n) is 8.83. The maximum atomic E-state index is 6.06. The molecule has 1 aromatic carbocycles. The predicted octanol–water partition coefficient (Wildman–Crippen LogP) is 2.42. The van der Waals surface area contributed by atoms with Gasteiger partial charge in [-0.25, -0.2) is 0 Å². The molecule has 1 aliphatic heterocycles. The van der Waals surface area contributed by atoms with Crippen LogP contribution in [0.15, 0.2) is 29.3 Å². The zero-order valence-electron chi connectivity index (χ0n) is 14.1. The summed E-state index contributed by atoms with van der Waals surface area (Å²) in [5.74, 6) is 1.32. The fourth-order valence-corrected chi connectivity index (χ4v) is 3.32. The van der Waals surface area contributed by atoms with Crippen LogP contribution in [0.1, 0.15) is 30.9 Å². The van der Waals surface area contributed by atoms with Crippen LogP contribution >= 0.6 is 11.6 Å². The second-order valence-electron chi connectivity index (χ2n) is 6.62. The van der Waals surface area contributed by atoms with Crippen molar-refractivity contribution >= 4 is 17.6 Å². The molecule has 1 atom stereocenters. The van der Waals surface area contributed by atoms with Crippen LogP contribution in [0.3, 0.4) is 0 Å². The van der Waals surface area contributed by atoms with Crippen molar-refractivity contribution in [3.05, 3.63) is 34.9 Å². The van der Waals surface area contributed by atoms with Crippen molar-refractivity contribution in [1.29, 1.82) is 0 Å². The Balaban J connectivity index is 1.63. The first-order valence-corrected chi connectivity index (χ1v) is 9.21. The summed E-state index contributed by atoms with van der Waals surface area (Å²) in [4.78, 5) is 7.01.